The second-order valence-electron chi connectivity index (χ2n) is 6.88. The van der Waals surface area contributed by atoms with Crippen LogP contribution in [0.25, 0.3) is 0 Å². The van der Waals surface area contributed by atoms with Gasteiger partial charge in [-0.2, -0.15) is 0 Å². The van der Waals surface area contributed by atoms with Crippen molar-refractivity contribution in [3.63, 3.8) is 0 Å². The van der Waals surface area contributed by atoms with E-state index in [0.717, 1.165) is 11.8 Å². The molecule has 2 aromatic rings. The number of rotatable bonds is 4. The minimum atomic E-state index is -3.55. The molecule has 1 aliphatic rings. The Hall–Kier alpha value is -2.78. The second kappa shape index (κ2) is 8.53. The van der Waals surface area contributed by atoms with Crippen molar-refractivity contribution in [1.82, 2.24) is 0 Å². The van der Waals surface area contributed by atoms with E-state index in [0.29, 0.717) is 17.1 Å². The number of carbonyl (C=O) groups is 2. The molecular weight excluding hydrogens is 432 g/mol. The Labute approximate surface area is 179 Å². The zero-order valence-electron chi connectivity index (χ0n) is 16.6. The third-order valence-corrected chi connectivity index (χ3v) is 6.09. The van der Waals surface area contributed by atoms with Crippen molar-refractivity contribution in [3.8, 4) is 5.75 Å². The topological polar surface area (TPSA) is 102 Å². The molecule has 8 nitrogen and oxygen atoms in total. The summed E-state index contributed by atoms with van der Waals surface area (Å²) in [4.78, 5) is 24.6. The number of ether oxygens (including phenoxy) is 2. The van der Waals surface area contributed by atoms with E-state index in [-0.39, 0.29) is 23.6 Å². The minimum absolute atomic E-state index is 0.0847. The third-order valence-electron chi connectivity index (χ3n) is 4.58. The number of benzene rings is 2. The standard InChI is InChI=1S/C20H21ClN2O6S/c1-12-4-7-17-16(10-12)23(30(3,26)27)9-8-18(29-17)19(24)22-13-5-6-15(21)14(11-13)20(25)28-2/h4-7,10-11,18H,8-9H2,1-3H3,(H,22,24)/t18-/m1/s1. The maximum atomic E-state index is 12.8. The predicted molar refractivity (Wildman–Crippen MR) is 114 cm³/mol. The van der Waals surface area contributed by atoms with Crippen LogP contribution in [0.5, 0.6) is 5.75 Å². The molecule has 1 atom stereocenters. The lowest BCUT2D eigenvalue weighted by atomic mass is 10.2. The van der Waals surface area contributed by atoms with E-state index in [1.54, 1.807) is 24.3 Å². The molecule has 1 amide bonds. The molecule has 0 fully saturated rings. The molecule has 0 aliphatic carbocycles. The lowest BCUT2D eigenvalue weighted by Gasteiger charge is -2.21. The van der Waals surface area contributed by atoms with E-state index in [9.17, 15) is 18.0 Å². The van der Waals surface area contributed by atoms with E-state index < -0.39 is 28.0 Å². The van der Waals surface area contributed by atoms with Crippen molar-refractivity contribution in [2.75, 3.05) is 29.5 Å². The summed E-state index contributed by atoms with van der Waals surface area (Å²) in [5, 5.41) is 2.88. The average Bonchev–Trinajstić information content (AvgIpc) is 2.88. The lowest BCUT2D eigenvalue weighted by Crippen LogP contribution is -2.36. The maximum Gasteiger partial charge on any atom is 0.339 e. The number of halogens is 1. The highest BCUT2D eigenvalue weighted by molar-refractivity contribution is 7.92. The number of aryl methyl sites for hydroxylation is 1. The highest BCUT2D eigenvalue weighted by Gasteiger charge is 2.31. The fourth-order valence-corrected chi connectivity index (χ4v) is 4.24. The summed E-state index contributed by atoms with van der Waals surface area (Å²) in [5.74, 6) is -0.806. The molecule has 0 aromatic heterocycles. The highest BCUT2D eigenvalue weighted by Crippen LogP contribution is 2.35. The maximum absolute atomic E-state index is 12.8. The zero-order valence-corrected chi connectivity index (χ0v) is 18.2. The van der Waals surface area contributed by atoms with Gasteiger partial charge in [0.2, 0.25) is 10.0 Å². The summed E-state index contributed by atoms with van der Waals surface area (Å²) in [7, 11) is -2.32. The van der Waals surface area contributed by atoms with Crippen molar-refractivity contribution >= 4 is 44.9 Å². The van der Waals surface area contributed by atoms with Gasteiger partial charge in [-0.25, -0.2) is 13.2 Å². The predicted octanol–water partition coefficient (Wildman–Crippen LogP) is 2.99. The molecular formula is C20H21ClN2O6S. The molecule has 10 heteroatoms. The Morgan fingerprint density at radius 3 is 2.63 bits per heavy atom. The van der Waals surface area contributed by atoms with Crippen LogP contribution in [0, 0.1) is 6.92 Å². The number of amides is 1. The van der Waals surface area contributed by atoms with Gasteiger partial charge in [0.1, 0.15) is 5.75 Å². The average molecular weight is 453 g/mol. The van der Waals surface area contributed by atoms with Crippen LogP contribution in [0.2, 0.25) is 5.02 Å². The molecule has 0 bridgehead atoms. The third kappa shape index (κ3) is 4.68. The summed E-state index contributed by atoms with van der Waals surface area (Å²) in [6, 6.07) is 9.55. The molecule has 0 unspecified atom stereocenters. The fraction of sp³-hybridized carbons (Fsp3) is 0.300. The summed E-state index contributed by atoms with van der Waals surface area (Å²) in [5.41, 5.74) is 1.71. The number of hydrogen-bond acceptors (Lipinski definition) is 6. The molecule has 0 radical (unpaired) electrons. The van der Waals surface area contributed by atoms with E-state index in [4.69, 9.17) is 16.3 Å². The first-order chi connectivity index (χ1) is 14.1. The van der Waals surface area contributed by atoms with Crippen LogP contribution >= 0.6 is 11.6 Å². The van der Waals surface area contributed by atoms with Crippen LogP contribution in [-0.2, 0) is 19.6 Å². The van der Waals surface area contributed by atoms with Crippen LogP contribution in [0.15, 0.2) is 36.4 Å². The van der Waals surface area contributed by atoms with Crippen molar-refractivity contribution < 1.29 is 27.5 Å². The van der Waals surface area contributed by atoms with Gasteiger partial charge in [0, 0.05) is 18.7 Å². The second-order valence-corrected chi connectivity index (χ2v) is 9.19. The summed E-state index contributed by atoms with van der Waals surface area (Å²) in [6.45, 7) is 1.93. The Bertz CT molecular complexity index is 1100. The fourth-order valence-electron chi connectivity index (χ4n) is 3.11. The van der Waals surface area contributed by atoms with Crippen molar-refractivity contribution in [2.45, 2.75) is 19.4 Å². The van der Waals surface area contributed by atoms with Gasteiger partial charge in [-0.3, -0.25) is 9.10 Å². The van der Waals surface area contributed by atoms with Gasteiger partial charge in [0.25, 0.3) is 5.91 Å². The number of anilines is 2. The molecule has 1 aliphatic heterocycles. The lowest BCUT2D eigenvalue weighted by molar-refractivity contribution is -0.122. The van der Waals surface area contributed by atoms with Crippen molar-refractivity contribution in [3.05, 3.63) is 52.5 Å². The van der Waals surface area contributed by atoms with Crippen LogP contribution in [0.4, 0.5) is 11.4 Å². The number of fused-ring (bicyclic) bond motifs is 1. The summed E-state index contributed by atoms with van der Waals surface area (Å²) >= 11 is 6.00. The number of nitrogens with one attached hydrogen (secondary N) is 1. The van der Waals surface area contributed by atoms with Gasteiger partial charge >= 0.3 is 5.97 Å². The Morgan fingerprint density at radius 1 is 1.23 bits per heavy atom. The Balaban J connectivity index is 1.86. The molecule has 30 heavy (non-hydrogen) atoms. The molecule has 1 N–H and O–H groups in total. The number of hydrogen-bond donors (Lipinski definition) is 1. The first-order valence-electron chi connectivity index (χ1n) is 9.04. The van der Waals surface area contributed by atoms with Crippen LogP contribution in [-0.4, -0.2) is 46.3 Å². The Kier molecular flexibility index (Phi) is 6.23. The SMILES string of the molecule is COC(=O)c1cc(NC(=O)[C@H]2CCN(S(C)(=O)=O)c3cc(C)ccc3O2)ccc1Cl. The van der Waals surface area contributed by atoms with Crippen LogP contribution in [0.3, 0.4) is 0 Å². The summed E-state index contributed by atoms with van der Waals surface area (Å²) < 4.78 is 36.3. The highest BCUT2D eigenvalue weighted by atomic mass is 35.5. The summed E-state index contributed by atoms with van der Waals surface area (Å²) in [6.07, 6.45) is 0.321. The molecule has 1 heterocycles. The minimum Gasteiger partial charge on any atom is -0.478 e. The number of nitrogens with zero attached hydrogens (tertiary/aromatic N) is 1. The number of carbonyl (C=O) groups excluding carboxylic acids is 2. The van der Waals surface area contributed by atoms with Crippen LogP contribution in [0.1, 0.15) is 22.3 Å². The molecule has 3 rings (SSSR count). The first kappa shape index (κ1) is 21.9. The number of methoxy groups -OCH3 is 1. The largest absolute Gasteiger partial charge is 0.478 e. The monoisotopic (exact) mass is 452 g/mol. The first-order valence-corrected chi connectivity index (χ1v) is 11.3. The smallest absolute Gasteiger partial charge is 0.339 e. The quantitative estimate of drug-likeness (QED) is 0.715. The number of esters is 1. The van der Waals surface area contributed by atoms with E-state index in [1.165, 1.54) is 23.5 Å². The van der Waals surface area contributed by atoms with E-state index in [1.807, 2.05) is 6.92 Å². The molecule has 0 saturated heterocycles. The van der Waals surface area contributed by atoms with Crippen molar-refractivity contribution in [1.29, 1.82) is 0 Å². The van der Waals surface area contributed by atoms with Gasteiger partial charge in [0.05, 0.1) is 29.6 Å². The zero-order chi connectivity index (χ0) is 22.1. The van der Waals surface area contributed by atoms with E-state index in [2.05, 4.69) is 10.1 Å². The Morgan fingerprint density at radius 2 is 1.97 bits per heavy atom. The van der Waals surface area contributed by atoms with Gasteiger partial charge in [-0.1, -0.05) is 17.7 Å². The molecule has 160 valence electrons. The van der Waals surface area contributed by atoms with Crippen LogP contribution < -0.4 is 14.4 Å². The van der Waals surface area contributed by atoms with Crippen molar-refractivity contribution in [2.24, 2.45) is 0 Å². The van der Waals surface area contributed by atoms with Gasteiger partial charge < -0.3 is 14.8 Å². The molecule has 0 spiro atoms. The molecule has 2 aromatic carbocycles. The van der Waals surface area contributed by atoms with E-state index >= 15 is 0 Å². The molecule has 0 saturated carbocycles. The van der Waals surface area contributed by atoms with Gasteiger partial charge in [-0.15, -0.1) is 0 Å². The van der Waals surface area contributed by atoms with Gasteiger partial charge in [0.15, 0.2) is 6.10 Å². The number of sulfonamides is 1. The van der Waals surface area contributed by atoms with Gasteiger partial charge in [-0.05, 0) is 42.8 Å². The normalized spacial score (nSPS) is 16.1.